The van der Waals surface area contributed by atoms with Gasteiger partial charge in [-0.3, -0.25) is 14.4 Å². The van der Waals surface area contributed by atoms with Crippen LogP contribution in [0.1, 0.15) is 42.6 Å². The summed E-state index contributed by atoms with van der Waals surface area (Å²) in [4.78, 5) is 34.3. The van der Waals surface area contributed by atoms with Crippen LogP contribution in [0.4, 0.5) is 5.69 Å². The van der Waals surface area contributed by atoms with Gasteiger partial charge in [-0.2, -0.15) is 0 Å². The first kappa shape index (κ1) is 14.2. The SMILES string of the molecule is CC(C)(CC(=O)O)CC(=O)c1ccc2c(c1)CC(=O)N2. The molecule has 0 spiro atoms. The Balaban J connectivity index is 2.13. The summed E-state index contributed by atoms with van der Waals surface area (Å²) in [7, 11) is 0. The highest BCUT2D eigenvalue weighted by Crippen LogP contribution is 2.29. The van der Waals surface area contributed by atoms with E-state index in [0.717, 1.165) is 11.3 Å². The lowest BCUT2D eigenvalue weighted by atomic mass is 9.82. The third-order valence-electron chi connectivity index (χ3n) is 3.32. The van der Waals surface area contributed by atoms with Crippen molar-refractivity contribution in [3.05, 3.63) is 29.3 Å². The number of hydrogen-bond donors (Lipinski definition) is 2. The second kappa shape index (κ2) is 5.07. The Labute approximate surface area is 117 Å². The molecule has 0 aromatic heterocycles. The van der Waals surface area contributed by atoms with Gasteiger partial charge in [0.15, 0.2) is 5.78 Å². The van der Waals surface area contributed by atoms with E-state index in [0.29, 0.717) is 5.56 Å². The van der Waals surface area contributed by atoms with Gasteiger partial charge >= 0.3 is 5.97 Å². The molecule has 1 aromatic rings. The number of aliphatic carboxylic acids is 1. The zero-order valence-corrected chi connectivity index (χ0v) is 11.5. The van der Waals surface area contributed by atoms with Gasteiger partial charge in [0.05, 0.1) is 12.8 Å². The largest absolute Gasteiger partial charge is 0.481 e. The van der Waals surface area contributed by atoms with E-state index >= 15 is 0 Å². The van der Waals surface area contributed by atoms with Crippen LogP contribution in [0.25, 0.3) is 0 Å². The number of hydrogen-bond acceptors (Lipinski definition) is 3. The van der Waals surface area contributed by atoms with Crippen LogP contribution in [0.3, 0.4) is 0 Å². The fourth-order valence-corrected chi connectivity index (χ4v) is 2.41. The Morgan fingerprint density at radius 1 is 1.30 bits per heavy atom. The van der Waals surface area contributed by atoms with E-state index in [1.165, 1.54) is 0 Å². The molecular formula is C15H17NO4. The molecule has 2 rings (SSSR count). The number of carbonyl (C=O) groups is 3. The normalized spacial score (nSPS) is 13.8. The third kappa shape index (κ3) is 3.23. The van der Waals surface area contributed by atoms with Crippen molar-refractivity contribution in [3.8, 4) is 0 Å². The Hall–Kier alpha value is -2.17. The maximum atomic E-state index is 12.2. The smallest absolute Gasteiger partial charge is 0.303 e. The van der Waals surface area contributed by atoms with Crippen LogP contribution in [0, 0.1) is 5.41 Å². The summed E-state index contributed by atoms with van der Waals surface area (Å²) < 4.78 is 0. The van der Waals surface area contributed by atoms with Crippen LogP contribution in [0.5, 0.6) is 0 Å². The number of rotatable bonds is 5. The van der Waals surface area contributed by atoms with E-state index in [1.807, 2.05) is 0 Å². The van der Waals surface area contributed by atoms with Crippen LogP contribution < -0.4 is 5.32 Å². The molecule has 106 valence electrons. The number of fused-ring (bicyclic) bond motifs is 1. The minimum Gasteiger partial charge on any atom is -0.481 e. The van der Waals surface area contributed by atoms with Crippen LogP contribution in [0.15, 0.2) is 18.2 Å². The van der Waals surface area contributed by atoms with Gasteiger partial charge in [-0.05, 0) is 29.2 Å². The third-order valence-corrected chi connectivity index (χ3v) is 3.32. The molecule has 0 unspecified atom stereocenters. The molecule has 0 bridgehead atoms. The van der Waals surface area contributed by atoms with Gasteiger partial charge in [-0.1, -0.05) is 13.8 Å². The average molecular weight is 275 g/mol. The van der Waals surface area contributed by atoms with Crippen molar-refractivity contribution in [2.75, 3.05) is 5.32 Å². The number of amides is 1. The molecule has 1 heterocycles. The fraction of sp³-hybridized carbons (Fsp3) is 0.400. The Morgan fingerprint density at radius 3 is 2.65 bits per heavy atom. The standard InChI is InChI=1S/C15H17NO4/c1-15(2,8-14(19)20)7-12(17)9-3-4-11-10(5-9)6-13(18)16-11/h3-5H,6-8H2,1-2H3,(H,16,18)(H,19,20). The summed E-state index contributed by atoms with van der Waals surface area (Å²) in [5.74, 6) is -1.08. The fourth-order valence-electron chi connectivity index (χ4n) is 2.41. The van der Waals surface area contributed by atoms with Gasteiger partial charge < -0.3 is 10.4 Å². The molecule has 5 nitrogen and oxygen atoms in total. The molecule has 1 aromatic carbocycles. The van der Waals surface area contributed by atoms with Gasteiger partial charge in [0.2, 0.25) is 5.91 Å². The maximum absolute atomic E-state index is 12.2. The number of ketones is 1. The predicted molar refractivity (Wildman–Crippen MR) is 73.8 cm³/mol. The van der Waals surface area contributed by atoms with E-state index in [2.05, 4.69) is 5.32 Å². The van der Waals surface area contributed by atoms with Crippen molar-refractivity contribution in [1.29, 1.82) is 0 Å². The monoisotopic (exact) mass is 275 g/mol. The number of carboxylic acid groups (broad SMARTS) is 1. The van der Waals surface area contributed by atoms with E-state index < -0.39 is 11.4 Å². The first-order valence-corrected chi connectivity index (χ1v) is 6.45. The maximum Gasteiger partial charge on any atom is 0.303 e. The van der Waals surface area contributed by atoms with E-state index in [4.69, 9.17) is 5.11 Å². The number of Topliss-reactive ketones (excluding diaryl/α,β-unsaturated/α-hetero) is 1. The van der Waals surface area contributed by atoms with Gasteiger partial charge in [-0.25, -0.2) is 0 Å². The quantitative estimate of drug-likeness (QED) is 0.807. The van der Waals surface area contributed by atoms with Crippen molar-refractivity contribution in [2.45, 2.75) is 33.1 Å². The summed E-state index contributed by atoms with van der Waals surface area (Å²) in [5, 5.41) is 11.5. The highest BCUT2D eigenvalue weighted by atomic mass is 16.4. The molecule has 2 N–H and O–H groups in total. The zero-order chi connectivity index (χ0) is 14.9. The number of carboxylic acids is 1. The Bertz CT molecular complexity index is 590. The molecule has 20 heavy (non-hydrogen) atoms. The molecule has 1 aliphatic heterocycles. The molecule has 0 atom stereocenters. The summed E-state index contributed by atoms with van der Waals surface area (Å²) in [6.07, 6.45) is 0.401. The first-order chi connectivity index (χ1) is 9.27. The highest BCUT2D eigenvalue weighted by molar-refractivity contribution is 6.02. The topological polar surface area (TPSA) is 83.5 Å². The lowest BCUT2D eigenvalue weighted by molar-refractivity contribution is -0.139. The summed E-state index contributed by atoms with van der Waals surface area (Å²) in [6, 6.07) is 5.10. The minimum atomic E-state index is -0.911. The van der Waals surface area contributed by atoms with Crippen LogP contribution >= 0.6 is 0 Å². The number of nitrogens with one attached hydrogen (secondary N) is 1. The Kier molecular flexibility index (Phi) is 3.61. The molecule has 1 aliphatic rings. The van der Waals surface area contributed by atoms with Crippen molar-refractivity contribution < 1.29 is 19.5 Å². The van der Waals surface area contributed by atoms with Gasteiger partial charge in [-0.15, -0.1) is 0 Å². The number of benzene rings is 1. The van der Waals surface area contributed by atoms with Crippen LogP contribution in [-0.2, 0) is 16.0 Å². The summed E-state index contributed by atoms with van der Waals surface area (Å²) >= 11 is 0. The molecule has 0 saturated heterocycles. The van der Waals surface area contributed by atoms with Crippen LogP contribution in [-0.4, -0.2) is 22.8 Å². The minimum absolute atomic E-state index is 0.0519. The van der Waals surface area contributed by atoms with Gasteiger partial charge in [0, 0.05) is 17.7 Å². The summed E-state index contributed by atoms with van der Waals surface area (Å²) in [5.41, 5.74) is 1.50. The second-order valence-corrected chi connectivity index (χ2v) is 5.93. The van der Waals surface area contributed by atoms with Gasteiger partial charge in [0.1, 0.15) is 0 Å². The molecule has 0 radical (unpaired) electrons. The predicted octanol–water partition coefficient (Wildman–Crippen LogP) is 2.25. The van der Waals surface area contributed by atoms with E-state index in [1.54, 1.807) is 32.0 Å². The molecule has 5 heteroatoms. The lowest BCUT2D eigenvalue weighted by Crippen LogP contribution is -2.21. The summed E-state index contributed by atoms with van der Waals surface area (Å²) in [6.45, 7) is 3.52. The first-order valence-electron chi connectivity index (χ1n) is 6.45. The zero-order valence-electron chi connectivity index (χ0n) is 11.5. The van der Waals surface area contributed by atoms with Crippen molar-refractivity contribution in [1.82, 2.24) is 0 Å². The van der Waals surface area contributed by atoms with Crippen molar-refractivity contribution >= 4 is 23.3 Å². The Morgan fingerprint density at radius 2 is 2.00 bits per heavy atom. The average Bonchev–Trinajstić information content (AvgIpc) is 2.64. The molecule has 0 fully saturated rings. The van der Waals surface area contributed by atoms with E-state index in [9.17, 15) is 14.4 Å². The molecule has 0 aliphatic carbocycles. The van der Waals surface area contributed by atoms with Gasteiger partial charge in [0.25, 0.3) is 0 Å². The number of carbonyl (C=O) groups excluding carboxylic acids is 2. The van der Waals surface area contributed by atoms with Crippen LogP contribution in [0.2, 0.25) is 0 Å². The second-order valence-electron chi connectivity index (χ2n) is 5.93. The molecule has 0 saturated carbocycles. The van der Waals surface area contributed by atoms with E-state index in [-0.39, 0.29) is 31.0 Å². The number of anilines is 1. The molecular weight excluding hydrogens is 258 g/mol. The highest BCUT2D eigenvalue weighted by Gasteiger charge is 2.26. The molecule has 1 amide bonds. The van der Waals surface area contributed by atoms with Crippen molar-refractivity contribution in [2.24, 2.45) is 5.41 Å². The lowest BCUT2D eigenvalue weighted by Gasteiger charge is -2.21. The van der Waals surface area contributed by atoms with Crippen molar-refractivity contribution in [3.63, 3.8) is 0 Å².